The van der Waals surface area contributed by atoms with Gasteiger partial charge in [0.05, 0.1) is 0 Å². The molecule has 1 aliphatic rings. The van der Waals surface area contributed by atoms with Gasteiger partial charge in [-0.1, -0.05) is 30.3 Å². The highest BCUT2D eigenvalue weighted by molar-refractivity contribution is 5.65. The zero-order chi connectivity index (χ0) is 12.5. The van der Waals surface area contributed by atoms with Gasteiger partial charge in [-0.25, -0.2) is 4.79 Å². The van der Waals surface area contributed by atoms with Gasteiger partial charge in [0.15, 0.2) is 0 Å². The Labute approximate surface area is 102 Å². The number of ether oxygens (including phenoxy) is 1. The molecule has 0 spiro atoms. The van der Waals surface area contributed by atoms with Crippen molar-refractivity contribution in [1.82, 2.24) is 0 Å². The first kappa shape index (κ1) is 12.0. The smallest absolute Gasteiger partial charge is 0.405 e. The van der Waals surface area contributed by atoms with Crippen molar-refractivity contribution in [3.63, 3.8) is 0 Å². The van der Waals surface area contributed by atoms with Crippen LogP contribution < -0.4 is 5.73 Å². The molecule has 17 heavy (non-hydrogen) atoms. The molecule has 3 heteroatoms. The number of hydrogen-bond donors (Lipinski definition) is 1. The van der Waals surface area contributed by atoms with Crippen LogP contribution in [0, 0.1) is 5.92 Å². The maximum absolute atomic E-state index is 11.0. The molecule has 1 aromatic carbocycles. The van der Waals surface area contributed by atoms with Gasteiger partial charge in [-0.3, -0.25) is 0 Å². The summed E-state index contributed by atoms with van der Waals surface area (Å²) in [7, 11) is 0. The maximum Gasteiger partial charge on any atom is 0.405 e. The summed E-state index contributed by atoms with van der Waals surface area (Å²) in [5.41, 5.74) is 5.83. The Morgan fingerprint density at radius 2 is 1.94 bits per heavy atom. The van der Waals surface area contributed by atoms with Gasteiger partial charge < -0.3 is 10.5 Å². The van der Waals surface area contributed by atoms with E-state index in [0.29, 0.717) is 5.92 Å². The van der Waals surface area contributed by atoms with E-state index in [1.54, 1.807) is 0 Å². The monoisotopic (exact) mass is 233 g/mol. The molecule has 92 valence electrons. The number of primary amides is 1. The summed E-state index contributed by atoms with van der Waals surface area (Å²) in [6, 6.07) is 10.2. The predicted octanol–water partition coefficient (Wildman–Crippen LogP) is 3.05. The van der Waals surface area contributed by atoms with Gasteiger partial charge in [0, 0.05) is 5.92 Å². The molecule has 1 saturated carbocycles. The van der Waals surface area contributed by atoms with Crippen molar-refractivity contribution in [3.05, 3.63) is 35.9 Å². The first-order valence-corrected chi connectivity index (χ1v) is 6.04. The average molecular weight is 233 g/mol. The van der Waals surface area contributed by atoms with Crippen LogP contribution in [0.15, 0.2) is 30.3 Å². The van der Waals surface area contributed by atoms with E-state index in [9.17, 15) is 4.79 Å². The fourth-order valence-electron chi connectivity index (χ4n) is 2.65. The summed E-state index contributed by atoms with van der Waals surface area (Å²) in [4.78, 5) is 11.0. The topological polar surface area (TPSA) is 52.3 Å². The quantitative estimate of drug-likeness (QED) is 0.869. The van der Waals surface area contributed by atoms with Gasteiger partial charge in [0.2, 0.25) is 0 Å². The molecule has 3 nitrogen and oxygen atoms in total. The lowest BCUT2D eigenvalue weighted by Gasteiger charge is -2.34. The first-order valence-electron chi connectivity index (χ1n) is 6.04. The highest BCUT2D eigenvalue weighted by Crippen LogP contribution is 2.49. The van der Waals surface area contributed by atoms with E-state index in [1.807, 2.05) is 32.0 Å². The van der Waals surface area contributed by atoms with Crippen molar-refractivity contribution in [2.45, 2.75) is 38.2 Å². The second-order valence-corrected chi connectivity index (χ2v) is 5.25. The standard InChI is InChI=1S/C14H19NO2/c1-14(2,17-13(15)16)12(11-8-9-11)10-6-4-3-5-7-10/h3-7,11-12H,8-9H2,1-2H3,(H2,15,16). The molecule has 2 N–H and O–H groups in total. The van der Waals surface area contributed by atoms with Gasteiger partial charge >= 0.3 is 6.09 Å². The van der Waals surface area contributed by atoms with Crippen LogP contribution in [0.25, 0.3) is 0 Å². The third kappa shape index (κ3) is 2.78. The number of rotatable bonds is 4. The number of amides is 1. The molecule has 1 fully saturated rings. The summed E-state index contributed by atoms with van der Waals surface area (Å²) in [6.45, 7) is 3.88. The fraction of sp³-hybridized carbons (Fsp3) is 0.500. The van der Waals surface area contributed by atoms with E-state index in [1.165, 1.54) is 18.4 Å². The second kappa shape index (κ2) is 4.40. The lowest BCUT2D eigenvalue weighted by atomic mass is 9.81. The van der Waals surface area contributed by atoms with Crippen molar-refractivity contribution in [2.24, 2.45) is 11.7 Å². The number of carbonyl (C=O) groups is 1. The highest BCUT2D eigenvalue weighted by Gasteiger charge is 2.44. The molecule has 1 aromatic rings. The van der Waals surface area contributed by atoms with Gasteiger partial charge in [-0.15, -0.1) is 0 Å². The van der Waals surface area contributed by atoms with E-state index in [0.717, 1.165) is 0 Å². The molecule has 0 radical (unpaired) electrons. The predicted molar refractivity (Wildman–Crippen MR) is 66.7 cm³/mol. The molecule has 1 atom stereocenters. The van der Waals surface area contributed by atoms with Crippen molar-refractivity contribution >= 4 is 6.09 Å². The first-order chi connectivity index (χ1) is 8.00. The van der Waals surface area contributed by atoms with Crippen LogP contribution in [-0.2, 0) is 4.74 Å². The number of hydrogen-bond acceptors (Lipinski definition) is 2. The molecule has 1 aliphatic carbocycles. The summed E-state index contributed by atoms with van der Waals surface area (Å²) in [5.74, 6) is 0.836. The Morgan fingerprint density at radius 1 is 1.35 bits per heavy atom. The summed E-state index contributed by atoms with van der Waals surface area (Å²) < 4.78 is 5.29. The van der Waals surface area contributed by atoms with Crippen LogP contribution in [0.3, 0.4) is 0 Å². The van der Waals surface area contributed by atoms with Crippen LogP contribution in [0.5, 0.6) is 0 Å². The van der Waals surface area contributed by atoms with E-state index in [-0.39, 0.29) is 5.92 Å². The van der Waals surface area contributed by atoms with E-state index < -0.39 is 11.7 Å². The largest absolute Gasteiger partial charge is 0.443 e. The third-order valence-electron chi connectivity index (χ3n) is 3.36. The van der Waals surface area contributed by atoms with Crippen molar-refractivity contribution in [2.75, 3.05) is 0 Å². The fourth-order valence-corrected chi connectivity index (χ4v) is 2.65. The Balaban J connectivity index is 2.26. The third-order valence-corrected chi connectivity index (χ3v) is 3.36. The van der Waals surface area contributed by atoms with Gasteiger partial charge in [0.1, 0.15) is 5.60 Å². The normalized spacial score (nSPS) is 17.5. The lowest BCUT2D eigenvalue weighted by molar-refractivity contribution is 0.0179. The molecule has 0 heterocycles. The van der Waals surface area contributed by atoms with Crippen molar-refractivity contribution in [3.8, 4) is 0 Å². The minimum Gasteiger partial charge on any atom is -0.443 e. The van der Waals surface area contributed by atoms with Crippen molar-refractivity contribution < 1.29 is 9.53 Å². The van der Waals surface area contributed by atoms with E-state index >= 15 is 0 Å². The van der Waals surface area contributed by atoms with Crippen LogP contribution >= 0.6 is 0 Å². The molecule has 0 bridgehead atoms. The molecule has 1 unspecified atom stereocenters. The van der Waals surface area contributed by atoms with Crippen LogP contribution in [0.2, 0.25) is 0 Å². The molecule has 0 aliphatic heterocycles. The Morgan fingerprint density at radius 3 is 2.41 bits per heavy atom. The summed E-state index contributed by atoms with van der Waals surface area (Å²) in [6.07, 6.45) is 1.70. The minimum atomic E-state index is -0.698. The number of benzene rings is 1. The maximum atomic E-state index is 11.0. The van der Waals surface area contributed by atoms with Crippen LogP contribution in [-0.4, -0.2) is 11.7 Å². The molecule has 0 saturated heterocycles. The van der Waals surface area contributed by atoms with Gasteiger partial charge in [-0.05, 0) is 38.2 Å². The molecule has 0 aromatic heterocycles. The van der Waals surface area contributed by atoms with E-state index in [2.05, 4.69) is 12.1 Å². The second-order valence-electron chi connectivity index (χ2n) is 5.25. The number of nitrogens with two attached hydrogens (primary N) is 1. The highest BCUT2D eigenvalue weighted by atomic mass is 16.6. The zero-order valence-corrected chi connectivity index (χ0v) is 10.3. The average Bonchev–Trinajstić information content (AvgIpc) is 3.01. The molecular weight excluding hydrogens is 214 g/mol. The van der Waals surface area contributed by atoms with Crippen molar-refractivity contribution in [1.29, 1.82) is 0 Å². The molecule has 2 rings (SSSR count). The number of carbonyl (C=O) groups excluding carboxylic acids is 1. The summed E-state index contributed by atoms with van der Waals surface area (Å²) >= 11 is 0. The lowest BCUT2D eigenvalue weighted by Crippen LogP contribution is -2.38. The van der Waals surface area contributed by atoms with Gasteiger partial charge in [-0.2, -0.15) is 0 Å². The van der Waals surface area contributed by atoms with Crippen LogP contribution in [0.4, 0.5) is 4.79 Å². The SMILES string of the molecule is CC(C)(OC(N)=O)C(c1ccccc1)C1CC1. The molecular formula is C14H19NO2. The summed E-state index contributed by atoms with van der Waals surface area (Å²) in [5, 5.41) is 0. The Bertz CT molecular complexity index is 396. The minimum absolute atomic E-state index is 0.233. The Kier molecular flexibility index (Phi) is 3.09. The van der Waals surface area contributed by atoms with E-state index in [4.69, 9.17) is 10.5 Å². The van der Waals surface area contributed by atoms with Crippen LogP contribution in [0.1, 0.15) is 38.2 Å². The van der Waals surface area contributed by atoms with Gasteiger partial charge in [0.25, 0.3) is 0 Å². The molecule has 1 amide bonds. The Hall–Kier alpha value is -1.51. The zero-order valence-electron chi connectivity index (χ0n) is 10.3.